The summed E-state index contributed by atoms with van der Waals surface area (Å²) < 4.78 is 2.38. The van der Waals surface area contributed by atoms with E-state index in [9.17, 15) is 0 Å². The fourth-order valence-electron chi connectivity index (χ4n) is 11.2. The second kappa shape index (κ2) is 16.7. The Morgan fingerprint density at radius 1 is 0.290 bits per heavy atom. The molecule has 0 saturated heterocycles. The van der Waals surface area contributed by atoms with Crippen LogP contribution in [0, 0.1) is 0 Å². The van der Waals surface area contributed by atoms with Gasteiger partial charge in [0.05, 0.1) is 16.4 Å². The molecule has 2 heteroatoms. The van der Waals surface area contributed by atoms with Crippen molar-refractivity contribution in [3.63, 3.8) is 0 Å². The molecule has 11 aromatic carbocycles. The number of aromatic nitrogens is 1. The van der Waals surface area contributed by atoms with Gasteiger partial charge in [0, 0.05) is 33.5 Å². The minimum atomic E-state index is -0.580. The Morgan fingerprint density at radius 2 is 0.783 bits per heavy atom. The number of fused-ring (bicyclic) bond motifs is 6. The van der Waals surface area contributed by atoms with Crippen molar-refractivity contribution in [2.75, 3.05) is 4.90 Å². The second-order valence-corrected chi connectivity index (χ2v) is 18.0. The number of nitrogens with zero attached hydrogens (tertiary/aromatic N) is 2. The van der Waals surface area contributed by atoms with E-state index in [1.54, 1.807) is 0 Å². The Labute approximate surface area is 403 Å². The van der Waals surface area contributed by atoms with Crippen molar-refractivity contribution in [1.29, 1.82) is 0 Å². The minimum absolute atomic E-state index is 0.580. The number of anilines is 3. The number of rotatable bonds is 9. The lowest BCUT2D eigenvalue weighted by molar-refractivity contribution is 0.768. The summed E-state index contributed by atoms with van der Waals surface area (Å²) >= 11 is 0. The monoisotopic (exact) mass is 878 g/mol. The second-order valence-electron chi connectivity index (χ2n) is 18.0. The minimum Gasteiger partial charge on any atom is -0.310 e. The third-order valence-electron chi connectivity index (χ3n) is 14.3. The van der Waals surface area contributed by atoms with E-state index in [1.165, 1.54) is 88.6 Å². The number of para-hydroxylation sites is 2. The van der Waals surface area contributed by atoms with Gasteiger partial charge in [0.2, 0.25) is 0 Å². The lowest BCUT2D eigenvalue weighted by Gasteiger charge is -2.35. The van der Waals surface area contributed by atoms with Gasteiger partial charge in [-0.3, -0.25) is 0 Å². The van der Waals surface area contributed by atoms with E-state index in [4.69, 9.17) is 0 Å². The van der Waals surface area contributed by atoms with Gasteiger partial charge in [-0.2, -0.15) is 0 Å². The molecule has 0 unspecified atom stereocenters. The largest absolute Gasteiger partial charge is 0.310 e. The quantitative estimate of drug-likeness (QED) is 0.140. The van der Waals surface area contributed by atoms with Gasteiger partial charge in [0.15, 0.2) is 0 Å². The molecule has 1 heterocycles. The van der Waals surface area contributed by atoms with Gasteiger partial charge in [-0.25, -0.2) is 0 Å². The Kier molecular flexibility index (Phi) is 9.77. The zero-order valence-corrected chi connectivity index (χ0v) is 38.0. The SMILES string of the molecule is c1ccc(-c2ccc(N(c3ccc(-c4ccc5c(c4)c4ccccc4n5-c4ccccc4)cc3)c3ccc4c(c3)C(c3ccccc3)(c3ccccc3)c3cccc(-c5ccccc5)c3-4)cc2)cc1. The van der Waals surface area contributed by atoms with Crippen LogP contribution in [0.3, 0.4) is 0 Å². The van der Waals surface area contributed by atoms with Gasteiger partial charge in [-0.15, -0.1) is 0 Å². The molecule has 324 valence electrons. The van der Waals surface area contributed by atoms with E-state index in [-0.39, 0.29) is 0 Å². The van der Waals surface area contributed by atoms with Crippen molar-refractivity contribution in [2.24, 2.45) is 0 Å². The summed E-state index contributed by atoms with van der Waals surface area (Å²) in [5.41, 5.74) is 21.0. The molecular weight excluding hydrogens is 833 g/mol. The highest BCUT2D eigenvalue weighted by atomic mass is 15.1. The number of hydrogen-bond acceptors (Lipinski definition) is 1. The van der Waals surface area contributed by atoms with Crippen molar-refractivity contribution in [3.05, 3.63) is 301 Å². The summed E-state index contributed by atoms with van der Waals surface area (Å²) in [5.74, 6) is 0. The van der Waals surface area contributed by atoms with Gasteiger partial charge in [0.25, 0.3) is 0 Å². The standard InChI is InChI=1S/C67H46N2/c1-6-19-47(20-7-1)48-33-38-55(39-34-48)68(56-40-35-49(36-41-56)51-37-44-65-61(45-51)59-29-16-17-32-64(59)69(65)54-27-14-5-15-28-54)57-42-43-60-63(46-57)67(52-23-10-3-11-24-52,53-25-12-4-13-26-53)62-31-18-30-58(66(60)62)50-21-8-2-9-22-50/h1-46H. The third-order valence-corrected chi connectivity index (χ3v) is 14.3. The molecule has 1 aromatic heterocycles. The van der Waals surface area contributed by atoms with Crippen LogP contribution in [0.2, 0.25) is 0 Å². The van der Waals surface area contributed by atoms with Crippen LogP contribution in [0.25, 0.3) is 72.0 Å². The Morgan fingerprint density at radius 3 is 1.42 bits per heavy atom. The molecule has 0 saturated carbocycles. The lowest BCUT2D eigenvalue weighted by Crippen LogP contribution is -2.28. The summed E-state index contributed by atoms with van der Waals surface area (Å²) in [7, 11) is 0. The van der Waals surface area contributed by atoms with Crippen molar-refractivity contribution in [1.82, 2.24) is 4.57 Å². The van der Waals surface area contributed by atoms with Crippen LogP contribution < -0.4 is 4.90 Å². The molecule has 0 N–H and O–H groups in total. The highest BCUT2D eigenvalue weighted by Crippen LogP contribution is 2.59. The highest BCUT2D eigenvalue weighted by molar-refractivity contribution is 6.10. The molecule has 69 heavy (non-hydrogen) atoms. The molecule has 13 rings (SSSR count). The maximum Gasteiger partial charge on any atom is 0.0714 e. The molecule has 2 nitrogen and oxygen atoms in total. The van der Waals surface area contributed by atoms with Crippen molar-refractivity contribution in [2.45, 2.75) is 5.41 Å². The zero-order chi connectivity index (χ0) is 45.7. The van der Waals surface area contributed by atoms with Crippen molar-refractivity contribution >= 4 is 38.9 Å². The predicted molar refractivity (Wildman–Crippen MR) is 289 cm³/mol. The normalized spacial score (nSPS) is 12.5. The molecule has 0 spiro atoms. The molecule has 0 fully saturated rings. The summed E-state index contributed by atoms with van der Waals surface area (Å²) in [6.45, 7) is 0. The topological polar surface area (TPSA) is 8.17 Å². The molecule has 1 aliphatic rings. The van der Waals surface area contributed by atoms with Crippen molar-refractivity contribution in [3.8, 4) is 50.2 Å². The highest BCUT2D eigenvalue weighted by Gasteiger charge is 2.47. The first kappa shape index (κ1) is 40.3. The van der Waals surface area contributed by atoms with E-state index in [1.807, 2.05) is 0 Å². The van der Waals surface area contributed by atoms with Crippen LogP contribution in [-0.2, 0) is 5.41 Å². The Hall–Kier alpha value is -8.98. The molecular formula is C67H46N2. The smallest absolute Gasteiger partial charge is 0.0714 e. The van der Waals surface area contributed by atoms with E-state index in [0.29, 0.717) is 0 Å². The van der Waals surface area contributed by atoms with Crippen LogP contribution in [0.4, 0.5) is 17.1 Å². The summed E-state index contributed by atoms with van der Waals surface area (Å²) in [5, 5.41) is 2.49. The summed E-state index contributed by atoms with van der Waals surface area (Å²) in [6.07, 6.45) is 0. The summed E-state index contributed by atoms with van der Waals surface area (Å²) in [4.78, 5) is 2.43. The van der Waals surface area contributed by atoms with E-state index in [2.05, 4.69) is 289 Å². The molecule has 0 radical (unpaired) electrons. The van der Waals surface area contributed by atoms with Crippen molar-refractivity contribution < 1.29 is 0 Å². The lowest BCUT2D eigenvalue weighted by atomic mass is 9.67. The Bertz CT molecular complexity index is 3750. The average Bonchev–Trinajstić information content (AvgIpc) is 3.93. The molecule has 0 atom stereocenters. The van der Waals surface area contributed by atoms with Gasteiger partial charge in [-0.1, -0.05) is 212 Å². The Balaban J connectivity index is 0.993. The van der Waals surface area contributed by atoms with Crippen LogP contribution in [0.5, 0.6) is 0 Å². The van der Waals surface area contributed by atoms with E-state index < -0.39 is 5.41 Å². The number of hydrogen-bond donors (Lipinski definition) is 0. The van der Waals surface area contributed by atoms with Gasteiger partial charge in [0.1, 0.15) is 0 Å². The first-order valence-corrected chi connectivity index (χ1v) is 23.8. The van der Waals surface area contributed by atoms with Crippen LogP contribution in [0.15, 0.2) is 279 Å². The molecule has 0 aliphatic heterocycles. The predicted octanol–water partition coefficient (Wildman–Crippen LogP) is 17.6. The first-order chi connectivity index (χ1) is 34.2. The molecule has 12 aromatic rings. The van der Waals surface area contributed by atoms with E-state index >= 15 is 0 Å². The fourth-order valence-corrected chi connectivity index (χ4v) is 11.2. The molecule has 1 aliphatic carbocycles. The average molecular weight is 879 g/mol. The summed E-state index contributed by atoms with van der Waals surface area (Å²) in [6, 6.07) is 102. The van der Waals surface area contributed by atoms with Gasteiger partial charge < -0.3 is 9.47 Å². The maximum absolute atomic E-state index is 2.47. The first-order valence-electron chi connectivity index (χ1n) is 23.8. The molecule has 0 bridgehead atoms. The molecule has 0 amide bonds. The van der Waals surface area contributed by atoms with Gasteiger partial charge in [-0.05, 0) is 133 Å². The zero-order valence-electron chi connectivity index (χ0n) is 38.0. The van der Waals surface area contributed by atoms with Crippen LogP contribution in [-0.4, -0.2) is 4.57 Å². The maximum atomic E-state index is 2.47. The van der Waals surface area contributed by atoms with Crippen LogP contribution >= 0.6 is 0 Å². The van der Waals surface area contributed by atoms with Gasteiger partial charge >= 0.3 is 0 Å². The van der Waals surface area contributed by atoms with E-state index in [0.717, 1.165) is 22.7 Å². The van der Waals surface area contributed by atoms with Crippen LogP contribution in [0.1, 0.15) is 22.3 Å². The number of benzene rings is 11. The fraction of sp³-hybridized carbons (Fsp3) is 0.0149. The third kappa shape index (κ3) is 6.64.